The number of fused-ring (bicyclic) bond motifs is 1. The van der Waals surface area contributed by atoms with Gasteiger partial charge in [0.1, 0.15) is 0 Å². The quantitative estimate of drug-likeness (QED) is 0.391. The van der Waals surface area contributed by atoms with Crippen molar-refractivity contribution >= 4 is 26.6 Å². The highest BCUT2D eigenvalue weighted by Gasteiger charge is 2.16. The highest BCUT2D eigenvalue weighted by atomic mass is 32.2. The molecule has 0 atom stereocenters. The lowest BCUT2D eigenvalue weighted by Gasteiger charge is -2.11. The molecule has 34 heavy (non-hydrogen) atoms. The number of nitriles is 1. The average Bonchev–Trinajstić information content (AvgIpc) is 2.88. The van der Waals surface area contributed by atoms with Gasteiger partial charge in [-0.1, -0.05) is 12.1 Å². The second kappa shape index (κ2) is 8.73. The molecule has 0 radical (unpaired) electrons. The fourth-order valence-electron chi connectivity index (χ4n) is 3.71. The maximum atomic E-state index is 12.8. The van der Waals surface area contributed by atoms with Crippen molar-refractivity contribution in [3.8, 4) is 28.3 Å². The van der Waals surface area contributed by atoms with Crippen LogP contribution in [0.5, 0.6) is 0 Å². The molecule has 0 saturated heterocycles. The minimum absolute atomic E-state index is 0.00993. The Morgan fingerprint density at radius 2 is 1.65 bits per heavy atom. The zero-order valence-corrected chi connectivity index (χ0v) is 18.6. The lowest BCUT2D eigenvalue weighted by molar-refractivity contribution is 0.601. The number of hydrogen-bond donors (Lipinski definition) is 1. The van der Waals surface area contributed by atoms with Gasteiger partial charge in [0.05, 0.1) is 33.9 Å². The highest BCUT2D eigenvalue weighted by Crippen LogP contribution is 2.31. The third kappa shape index (κ3) is 4.20. The monoisotopic (exact) mass is 463 g/mol. The van der Waals surface area contributed by atoms with Gasteiger partial charge in [0.15, 0.2) is 0 Å². The van der Waals surface area contributed by atoms with Crippen molar-refractivity contribution in [3.63, 3.8) is 0 Å². The number of benzene rings is 2. The summed E-state index contributed by atoms with van der Waals surface area (Å²) in [6.45, 7) is 0. The first-order valence-corrected chi connectivity index (χ1v) is 11.8. The third-order valence-electron chi connectivity index (χ3n) is 5.33. The molecular weight excluding hydrogens is 446 g/mol. The Kier molecular flexibility index (Phi) is 5.46. The summed E-state index contributed by atoms with van der Waals surface area (Å²) in [6.07, 6.45) is 8.39. The second-order valence-corrected chi connectivity index (χ2v) is 9.22. The van der Waals surface area contributed by atoms with Crippen molar-refractivity contribution in [2.45, 2.75) is 4.90 Å². The molecule has 1 N–H and O–H groups in total. The van der Waals surface area contributed by atoms with Crippen LogP contribution in [-0.2, 0) is 10.0 Å². The Morgan fingerprint density at radius 3 is 2.47 bits per heavy atom. The average molecular weight is 464 g/mol. The molecule has 0 saturated carbocycles. The number of aromatic nitrogens is 3. The fraction of sp³-hybridized carbons (Fsp3) is 0. The zero-order chi connectivity index (χ0) is 23.5. The number of nitrogens with zero attached hydrogens (tertiary/aromatic N) is 4. The maximum absolute atomic E-state index is 12.8. The Labute approximate surface area is 196 Å². The van der Waals surface area contributed by atoms with Crippen LogP contribution in [0.4, 0.5) is 5.69 Å². The molecule has 0 aliphatic heterocycles. The van der Waals surface area contributed by atoms with Gasteiger partial charge in [0.25, 0.3) is 10.0 Å². The molecular formula is C26H17N5O2S. The van der Waals surface area contributed by atoms with Crippen LogP contribution >= 0.6 is 0 Å². The molecule has 0 spiro atoms. The summed E-state index contributed by atoms with van der Waals surface area (Å²) in [7, 11) is -3.88. The number of pyridine rings is 3. The second-order valence-electron chi connectivity index (χ2n) is 7.53. The molecule has 0 unspecified atom stereocenters. The molecule has 3 aromatic heterocycles. The summed E-state index contributed by atoms with van der Waals surface area (Å²) in [4.78, 5) is 12.8. The predicted octanol–water partition coefficient (Wildman–Crippen LogP) is 5.03. The van der Waals surface area contributed by atoms with E-state index >= 15 is 0 Å². The topological polar surface area (TPSA) is 109 Å². The number of nitrogens with one attached hydrogen (secondary N) is 1. The van der Waals surface area contributed by atoms with Gasteiger partial charge in [-0.05, 0) is 71.3 Å². The van der Waals surface area contributed by atoms with E-state index in [0.717, 1.165) is 33.2 Å². The normalized spacial score (nSPS) is 11.1. The SMILES string of the molecule is N#Cc1cccc(S(=O)(=O)Nc2cncc(-c3ccc4nccc(-c5ccncc5)c4c3)c2)c1. The highest BCUT2D eigenvalue weighted by molar-refractivity contribution is 7.92. The van der Waals surface area contributed by atoms with Crippen LogP contribution in [0.3, 0.4) is 0 Å². The van der Waals surface area contributed by atoms with Crippen molar-refractivity contribution < 1.29 is 8.42 Å². The van der Waals surface area contributed by atoms with Gasteiger partial charge in [-0.2, -0.15) is 5.26 Å². The summed E-state index contributed by atoms with van der Waals surface area (Å²) in [6, 6.07) is 21.3. The Bertz CT molecular complexity index is 1660. The minimum atomic E-state index is -3.88. The van der Waals surface area contributed by atoms with Crippen molar-refractivity contribution in [2.75, 3.05) is 4.72 Å². The Morgan fingerprint density at radius 1 is 0.794 bits per heavy atom. The van der Waals surface area contributed by atoms with Crippen LogP contribution in [0, 0.1) is 11.3 Å². The van der Waals surface area contributed by atoms with Gasteiger partial charge in [-0.15, -0.1) is 0 Å². The standard InChI is InChI=1S/C26H17N5O2S/c27-15-18-2-1-3-23(12-18)34(32,33)31-22-13-21(16-29-17-22)20-4-5-26-25(14-20)24(8-11-30-26)19-6-9-28-10-7-19/h1-14,16-17,31H. The third-order valence-corrected chi connectivity index (χ3v) is 6.71. The molecule has 0 aliphatic carbocycles. The van der Waals surface area contributed by atoms with E-state index in [1.165, 1.54) is 24.4 Å². The van der Waals surface area contributed by atoms with Gasteiger partial charge in [0, 0.05) is 35.7 Å². The first kappa shape index (κ1) is 21.2. The molecule has 0 fully saturated rings. The molecule has 164 valence electrons. The van der Waals surface area contributed by atoms with Crippen LogP contribution in [0.15, 0.2) is 103 Å². The van der Waals surface area contributed by atoms with Crippen LogP contribution in [-0.4, -0.2) is 23.4 Å². The number of hydrogen-bond acceptors (Lipinski definition) is 6. The predicted molar refractivity (Wildman–Crippen MR) is 130 cm³/mol. The molecule has 7 nitrogen and oxygen atoms in total. The van der Waals surface area contributed by atoms with E-state index in [2.05, 4.69) is 19.7 Å². The van der Waals surface area contributed by atoms with Crippen molar-refractivity contribution in [2.24, 2.45) is 0 Å². The summed E-state index contributed by atoms with van der Waals surface area (Å²) >= 11 is 0. The molecule has 2 aromatic carbocycles. The molecule has 3 heterocycles. The summed E-state index contributed by atoms with van der Waals surface area (Å²) in [5.41, 5.74) is 5.11. The van der Waals surface area contributed by atoms with Gasteiger partial charge in [-0.3, -0.25) is 19.7 Å². The van der Waals surface area contributed by atoms with Gasteiger partial charge in [-0.25, -0.2) is 8.42 Å². The molecule has 5 aromatic rings. The molecule has 0 bridgehead atoms. The zero-order valence-electron chi connectivity index (χ0n) is 17.8. The van der Waals surface area contributed by atoms with Gasteiger partial charge >= 0.3 is 0 Å². The Hall–Kier alpha value is -4.61. The Balaban J connectivity index is 1.52. The smallest absolute Gasteiger partial charge is 0.261 e. The van der Waals surface area contributed by atoms with E-state index in [1.807, 2.05) is 42.5 Å². The van der Waals surface area contributed by atoms with Crippen molar-refractivity contribution in [3.05, 3.63) is 103 Å². The van der Waals surface area contributed by atoms with Crippen molar-refractivity contribution in [1.29, 1.82) is 5.26 Å². The van der Waals surface area contributed by atoms with Crippen molar-refractivity contribution in [1.82, 2.24) is 15.0 Å². The minimum Gasteiger partial charge on any atom is -0.278 e. The number of sulfonamides is 1. The van der Waals surface area contributed by atoms with Crippen LogP contribution < -0.4 is 4.72 Å². The van der Waals surface area contributed by atoms with Gasteiger partial charge < -0.3 is 0 Å². The molecule has 8 heteroatoms. The maximum Gasteiger partial charge on any atom is 0.261 e. The molecule has 0 amide bonds. The summed E-state index contributed by atoms with van der Waals surface area (Å²) in [5.74, 6) is 0. The first-order valence-electron chi connectivity index (χ1n) is 10.3. The molecule has 5 rings (SSSR count). The number of anilines is 1. The first-order chi connectivity index (χ1) is 16.5. The van der Waals surface area contributed by atoms with E-state index < -0.39 is 10.0 Å². The number of rotatable bonds is 5. The lowest BCUT2D eigenvalue weighted by atomic mass is 9.98. The van der Waals surface area contributed by atoms with Crippen LogP contribution in [0.25, 0.3) is 33.2 Å². The van der Waals surface area contributed by atoms with Crippen LogP contribution in [0.1, 0.15) is 5.56 Å². The van der Waals surface area contributed by atoms with Crippen LogP contribution in [0.2, 0.25) is 0 Å². The largest absolute Gasteiger partial charge is 0.278 e. The fourth-order valence-corrected chi connectivity index (χ4v) is 4.79. The molecule has 0 aliphatic rings. The van der Waals surface area contributed by atoms with Gasteiger partial charge in [0.2, 0.25) is 0 Å². The van der Waals surface area contributed by atoms with E-state index in [9.17, 15) is 8.42 Å². The van der Waals surface area contributed by atoms with E-state index in [1.54, 1.807) is 36.9 Å². The summed E-state index contributed by atoms with van der Waals surface area (Å²) in [5, 5.41) is 10.0. The van der Waals surface area contributed by atoms with E-state index in [4.69, 9.17) is 5.26 Å². The lowest BCUT2D eigenvalue weighted by Crippen LogP contribution is -2.13. The van der Waals surface area contributed by atoms with E-state index in [0.29, 0.717) is 5.69 Å². The summed E-state index contributed by atoms with van der Waals surface area (Å²) < 4.78 is 28.2. The van der Waals surface area contributed by atoms with E-state index in [-0.39, 0.29) is 10.5 Å².